The molecule has 1 unspecified atom stereocenters. The van der Waals surface area contributed by atoms with E-state index in [0.29, 0.717) is 6.42 Å². The summed E-state index contributed by atoms with van der Waals surface area (Å²) in [7, 11) is 0. The molecule has 0 amide bonds. The summed E-state index contributed by atoms with van der Waals surface area (Å²) in [5.74, 6) is 0.409. The molecule has 0 aliphatic rings. The first-order valence-electron chi connectivity index (χ1n) is 6.01. The van der Waals surface area contributed by atoms with Crippen LogP contribution < -0.4 is 0 Å². The number of hydrogen-bond acceptors (Lipinski definition) is 1. The van der Waals surface area contributed by atoms with Gasteiger partial charge in [-0.1, -0.05) is 71.4 Å². The lowest BCUT2D eigenvalue weighted by atomic mass is 9.93. The molecule has 0 aliphatic heterocycles. The Labute approximate surface area is 116 Å². The highest BCUT2D eigenvalue weighted by molar-refractivity contribution is 9.10. The van der Waals surface area contributed by atoms with Gasteiger partial charge < -0.3 is 0 Å². The molecule has 0 saturated heterocycles. The van der Waals surface area contributed by atoms with Crippen molar-refractivity contribution >= 4 is 21.7 Å². The van der Waals surface area contributed by atoms with E-state index in [1.165, 1.54) is 5.56 Å². The van der Waals surface area contributed by atoms with Crippen LogP contribution in [0.5, 0.6) is 0 Å². The van der Waals surface area contributed by atoms with Crippen molar-refractivity contribution < 1.29 is 4.79 Å². The minimum absolute atomic E-state index is 0.193. The third kappa shape index (κ3) is 3.08. The van der Waals surface area contributed by atoms with Gasteiger partial charge in [-0.05, 0) is 17.5 Å². The van der Waals surface area contributed by atoms with E-state index in [9.17, 15) is 4.79 Å². The van der Waals surface area contributed by atoms with Gasteiger partial charge in [0.1, 0.15) is 0 Å². The molecule has 0 fully saturated rings. The van der Waals surface area contributed by atoms with Crippen LogP contribution >= 0.6 is 15.9 Å². The van der Waals surface area contributed by atoms with Gasteiger partial charge in [0.05, 0.1) is 0 Å². The number of Topliss-reactive ketones (excluding diaryl/α,β-unsaturated/α-hetero) is 1. The number of ketones is 1. The van der Waals surface area contributed by atoms with Gasteiger partial charge in [0, 0.05) is 16.5 Å². The lowest BCUT2D eigenvalue weighted by molar-refractivity contribution is 0.0975. The zero-order valence-corrected chi connectivity index (χ0v) is 11.9. The van der Waals surface area contributed by atoms with Crippen LogP contribution in [0.15, 0.2) is 59.1 Å². The van der Waals surface area contributed by atoms with Crippen LogP contribution in [-0.2, 0) is 0 Å². The molecule has 0 radical (unpaired) electrons. The monoisotopic (exact) mass is 302 g/mol. The van der Waals surface area contributed by atoms with Crippen LogP contribution in [0.3, 0.4) is 0 Å². The van der Waals surface area contributed by atoms with Crippen molar-refractivity contribution in [1.82, 2.24) is 0 Å². The summed E-state index contributed by atoms with van der Waals surface area (Å²) < 4.78 is 1.07. The van der Waals surface area contributed by atoms with Crippen LogP contribution in [0, 0.1) is 0 Å². The third-order valence-corrected chi connectivity index (χ3v) is 3.75. The maximum Gasteiger partial charge on any atom is 0.163 e. The van der Waals surface area contributed by atoms with Crippen LogP contribution in [0.2, 0.25) is 0 Å². The first-order valence-corrected chi connectivity index (χ1v) is 6.80. The van der Waals surface area contributed by atoms with Crippen molar-refractivity contribution in [2.75, 3.05) is 0 Å². The molecule has 1 atom stereocenters. The van der Waals surface area contributed by atoms with Crippen molar-refractivity contribution in [1.29, 1.82) is 0 Å². The van der Waals surface area contributed by atoms with Crippen molar-refractivity contribution in [3.63, 3.8) is 0 Å². The highest BCUT2D eigenvalue weighted by Crippen LogP contribution is 2.27. The normalized spacial score (nSPS) is 12.1. The molecule has 0 aliphatic carbocycles. The summed E-state index contributed by atoms with van der Waals surface area (Å²) in [6, 6.07) is 17.5. The average molecular weight is 303 g/mol. The van der Waals surface area contributed by atoms with Gasteiger partial charge in [-0.15, -0.1) is 0 Å². The number of carbonyl (C=O) groups excluding carboxylic acids is 1. The second kappa shape index (κ2) is 5.96. The summed E-state index contributed by atoms with van der Waals surface area (Å²) in [5, 5.41) is 0. The smallest absolute Gasteiger partial charge is 0.163 e. The molecule has 0 bridgehead atoms. The van der Waals surface area contributed by atoms with E-state index in [-0.39, 0.29) is 11.7 Å². The quantitative estimate of drug-likeness (QED) is 0.740. The van der Waals surface area contributed by atoms with Gasteiger partial charge in [-0.2, -0.15) is 0 Å². The predicted molar refractivity (Wildman–Crippen MR) is 77.9 cm³/mol. The molecule has 2 heteroatoms. The van der Waals surface area contributed by atoms with E-state index in [2.05, 4.69) is 28.9 Å². The second-order valence-corrected chi connectivity index (χ2v) is 5.27. The minimum atomic E-state index is 0.193. The van der Waals surface area contributed by atoms with Gasteiger partial charge >= 0.3 is 0 Å². The number of hydrogen-bond donors (Lipinski definition) is 0. The Balaban J connectivity index is 2.11. The first kappa shape index (κ1) is 13.0. The van der Waals surface area contributed by atoms with Crippen LogP contribution in [0.25, 0.3) is 0 Å². The molecule has 92 valence electrons. The Morgan fingerprint density at radius 2 is 1.67 bits per heavy atom. The van der Waals surface area contributed by atoms with E-state index >= 15 is 0 Å². The maximum atomic E-state index is 12.1. The van der Waals surface area contributed by atoms with E-state index in [1.807, 2.05) is 48.5 Å². The maximum absolute atomic E-state index is 12.1. The van der Waals surface area contributed by atoms with Gasteiger partial charge in [0.15, 0.2) is 5.78 Å². The van der Waals surface area contributed by atoms with Gasteiger partial charge in [-0.3, -0.25) is 4.79 Å². The highest BCUT2D eigenvalue weighted by atomic mass is 79.9. The molecule has 0 N–H and O–H groups in total. The summed E-state index contributed by atoms with van der Waals surface area (Å²) in [6.45, 7) is 2.08. The standard InChI is InChI=1S/C16H15BrO/c1-12(14-9-5-6-10-15(14)17)11-16(18)13-7-3-2-4-8-13/h2-10,12H,11H2,1H3. The van der Waals surface area contributed by atoms with Gasteiger partial charge in [-0.25, -0.2) is 0 Å². The second-order valence-electron chi connectivity index (χ2n) is 4.42. The Bertz CT molecular complexity index is 534. The molecule has 2 aromatic rings. The fourth-order valence-electron chi connectivity index (χ4n) is 2.00. The average Bonchev–Trinajstić information content (AvgIpc) is 2.40. The fraction of sp³-hybridized carbons (Fsp3) is 0.188. The van der Waals surface area contributed by atoms with E-state index in [4.69, 9.17) is 0 Å². The zero-order chi connectivity index (χ0) is 13.0. The highest BCUT2D eigenvalue weighted by Gasteiger charge is 2.14. The summed E-state index contributed by atoms with van der Waals surface area (Å²) in [6.07, 6.45) is 0.534. The third-order valence-electron chi connectivity index (χ3n) is 3.02. The van der Waals surface area contributed by atoms with Crippen LogP contribution in [0.4, 0.5) is 0 Å². The molecule has 1 nitrogen and oxygen atoms in total. The zero-order valence-electron chi connectivity index (χ0n) is 10.3. The largest absolute Gasteiger partial charge is 0.294 e. The molecule has 0 heterocycles. The molecule has 0 saturated carbocycles. The van der Waals surface area contributed by atoms with E-state index in [0.717, 1.165) is 10.0 Å². The summed E-state index contributed by atoms with van der Waals surface area (Å²) in [5.41, 5.74) is 1.97. The Hall–Kier alpha value is -1.41. The molecular weight excluding hydrogens is 288 g/mol. The number of rotatable bonds is 4. The molecular formula is C16H15BrO. The minimum Gasteiger partial charge on any atom is -0.294 e. The van der Waals surface area contributed by atoms with Crippen molar-refractivity contribution in [2.24, 2.45) is 0 Å². The lowest BCUT2D eigenvalue weighted by Crippen LogP contribution is -2.05. The summed E-state index contributed by atoms with van der Waals surface area (Å²) >= 11 is 3.53. The fourth-order valence-corrected chi connectivity index (χ4v) is 2.68. The van der Waals surface area contributed by atoms with Gasteiger partial charge in [0.2, 0.25) is 0 Å². The van der Waals surface area contributed by atoms with Crippen molar-refractivity contribution in [3.8, 4) is 0 Å². The number of benzene rings is 2. The number of halogens is 1. The molecule has 2 rings (SSSR count). The predicted octanol–water partition coefficient (Wildman–Crippen LogP) is 4.83. The van der Waals surface area contributed by atoms with Crippen molar-refractivity contribution in [2.45, 2.75) is 19.3 Å². The first-order chi connectivity index (χ1) is 8.68. The lowest BCUT2D eigenvalue weighted by Gasteiger charge is -2.12. The molecule has 2 aromatic carbocycles. The van der Waals surface area contributed by atoms with Crippen molar-refractivity contribution in [3.05, 3.63) is 70.2 Å². The Kier molecular flexibility index (Phi) is 4.32. The Morgan fingerprint density at radius 3 is 2.33 bits per heavy atom. The van der Waals surface area contributed by atoms with Crippen LogP contribution in [0.1, 0.15) is 35.2 Å². The molecule has 18 heavy (non-hydrogen) atoms. The SMILES string of the molecule is CC(CC(=O)c1ccccc1)c1ccccc1Br. The number of carbonyl (C=O) groups is 1. The van der Waals surface area contributed by atoms with E-state index in [1.54, 1.807) is 0 Å². The summed E-state index contributed by atoms with van der Waals surface area (Å²) in [4.78, 5) is 12.1. The van der Waals surface area contributed by atoms with Crippen LogP contribution in [-0.4, -0.2) is 5.78 Å². The van der Waals surface area contributed by atoms with Gasteiger partial charge in [0.25, 0.3) is 0 Å². The Morgan fingerprint density at radius 1 is 1.06 bits per heavy atom. The topological polar surface area (TPSA) is 17.1 Å². The molecule has 0 aromatic heterocycles. The van der Waals surface area contributed by atoms with E-state index < -0.39 is 0 Å². The molecule has 0 spiro atoms.